The lowest BCUT2D eigenvalue weighted by atomic mass is 9.98. The van der Waals surface area contributed by atoms with Gasteiger partial charge in [-0.1, -0.05) is 20.8 Å². The molecular weight excluding hydrogens is 246 g/mol. The predicted molar refractivity (Wildman–Crippen MR) is 72.8 cm³/mol. The lowest BCUT2D eigenvalue weighted by Crippen LogP contribution is -2.09. The molecule has 2 aromatic rings. The third-order valence-corrected chi connectivity index (χ3v) is 3.72. The lowest BCUT2D eigenvalue weighted by Gasteiger charge is -2.13. The molecule has 0 radical (unpaired) electrons. The molecule has 0 spiro atoms. The van der Waals surface area contributed by atoms with Crippen molar-refractivity contribution in [3.8, 4) is 0 Å². The highest BCUT2D eigenvalue weighted by molar-refractivity contribution is 7.12. The maximum atomic E-state index is 11.7. The molecule has 0 atom stereocenters. The molecule has 0 amide bonds. The number of allylic oxidation sites excluding steroid dienone is 1. The Morgan fingerprint density at radius 1 is 1.39 bits per heavy atom. The highest BCUT2D eigenvalue weighted by atomic mass is 32.1. The zero-order chi connectivity index (χ0) is 13.2. The summed E-state index contributed by atoms with van der Waals surface area (Å²) in [6.45, 7) is 6.36. The standard InChI is InChI=1S/C13H15N3OS/c1-13(2,3)12-15-6-9(18-12)4-5-11(17)10-7-14-8-16-10/h4-8H,1-3H3,(H,14,16). The van der Waals surface area contributed by atoms with Crippen LogP contribution in [0.3, 0.4) is 0 Å². The van der Waals surface area contributed by atoms with E-state index in [9.17, 15) is 4.79 Å². The molecule has 5 heteroatoms. The molecule has 0 aliphatic carbocycles. The van der Waals surface area contributed by atoms with Crippen LogP contribution in [0.2, 0.25) is 0 Å². The number of carbonyl (C=O) groups excluding carboxylic acids is 1. The Bertz CT molecular complexity index is 561. The average molecular weight is 261 g/mol. The zero-order valence-corrected chi connectivity index (χ0v) is 11.4. The minimum atomic E-state index is -0.0850. The summed E-state index contributed by atoms with van der Waals surface area (Å²) in [4.78, 5) is 23.6. The third kappa shape index (κ3) is 2.92. The van der Waals surface area contributed by atoms with E-state index in [0.29, 0.717) is 5.69 Å². The van der Waals surface area contributed by atoms with Gasteiger partial charge in [0.2, 0.25) is 5.78 Å². The van der Waals surface area contributed by atoms with Crippen LogP contribution in [0.4, 0.5) is 0 Å². The fourth-order valence-electron chi connectivity index (χ4n) is 1.35. The molecule has 0 saturated heterocycles. The molecule has 2 rings (SSSR count). The Balaban J connectivity index is 2.10. The molecule has 18 heavy (non-hydrogen) atoms. The van der Waals surface area contributed by atoms with Gasteiger partial charge < -0.3 is 4.98 Å². The molecule has 2 heterocycles. The molecular formula is C13H15N3OS. The molecule has 0 aromatic carbocycles. The number of nitrogens with zero attached hydrogens (tertiary/aromatic N) is 2. The molecule has 4 nitrogen and oxygen atoms in total. The van der Waals surface area contributed by atoms with Gasteiger partial charge in [-0.3, -0.25) is 4.79 Å². The van der Waals surface area contributed by atoms with Gasteiger partial charge in [-0.05, 0) is 12.2 Å². The number of ketones is 1. The number of H-pyrrole nitrogens is 1. The van der Waals surface area contributed by atoms with Crippen LogP contribution in [0, 0.1) is 0 Å². The first-order valence-corrected chi connectivity index (χ1v) is 6.45. The van der Waals surface area contributed by atoms with Crippen molar-refractivity contribution in [3.05, 3.63) is 40.4 Å². The number of imidazole rings is 1. The van der Waals surface area contributed by atoms with Crippen LogP contribution < -0.4 is 0 Å². The van der Waals surface area contributed by atoms with Gasteiger partial charge in [-0.15, -0.1) is 11.3 Å². The van der Waals surface area contributed by atoms with E-state index in [0.717, 1.165) is 9.88 Å². The lowest BCUT2D eigenvalue weighted by molar-refractivity contribution is 0.104. The number of nitrogens with one attached hydrogen (secondary N) is 1. The first-order valence-electron chi connectivity index (χ1n) is 5.64. The quantitative estimate of drug-likeness (QED) is 0.682. The van der Waals surface area contributed by atoms with E-state index in [-0.39, 0.29) is 11.2 Å². The van der Waals surface area contributed by atoms with Crippen LogP contribution in [0.5, 0.6) is 0 Å². The van der Waals surface area contributed by atoms with Crippen molar-refractivity contribution in [1.82, 2.24) is 15.0 Å². The Labute approximate surface area is 110 Å². The summed E-state index contributed by atoms with van der Waals surface area (Å²) in [5, 5.41) is 1.07. The van der Waals surface area contributed by atoms with E-state index in [1.54, 1.807) is 23.6 Å². The minimum absolute atomic E-state index is 0.0458. The summed E-state index contributed by atoms with van der Waals surface area (Å²) >= 11 is 1.60. The van der Waals surface area contributed by atoms with E-state index in [4.69, 9.17) is 0 Å². The first-order chi connectivity index (χ1) is 8.47. The van der Waals surface area contributed by atoms with Crippen molar-refractivity contribution >= 4 is 23.2 Å². The summed E-state index contributed by atoms with van der Waals surface area (Å²) in [5.74, 6) is -0.0850. The van der Waals surface area contributed by atoms with E-state index in [1.807, 2.05) is 0 Å². The van der Waals surface area contributed by atoms with Crippen LogP contribution in [-0.4, -0.2) is 20.7 Å². The number of carbonyl (C=O) groups is 1. The van der Waals surface area contributed by atoms with Gasteiger partial charge >= 0.3 is 0 Å². The van der Waals surface area contributed by atoms with Crippen LogP contribution >= 0.6 is 11.3 Å². The Morgan fingerprint density at radius 3 is 2.72 bits per heavy atom. The van der Waals surface area contributed by atoms with E-state index in [2.05, 4.69) is 35.7 Å². The summed E-state index contributed by atoms with van der Waals surface area (Å²) in [6, 6.07) is 0. The van der Waals surface area contributed by atoms with Gasteiger partial charge in [-0.2, -0.15) is 0 Å². The van der Waals surface area contributed by atoms with Gasteiger partial charge in [0.1, 0.15) is 5.69 Å². The predicted octanol–water partition coefficient (Wildman–Crippen LogP) is 3.06. The molecule has 0 bridgehead atoms. The molecule has 1 N–H and O–H groups in total. The largest absolute Gasteiger partial charge is 0.342 e. The van der Waals surface area contributed by atoms with Gasteiger partial charge in [-0.25, -0.2) is 9.97 Å². The number of aromatic amines is 1. The average Bonchev–Trinajstić information content (AvgIpc) is 2.96. The number of hydrogen-bond acceptors (Lipinski definition) is 4. The second kappa shape index (κ2) is 4.86. The number of hydrogen-bond donors (Lipinski definition) is 1. The van der Waals surface area contributed by atoms with E-state index < -0.39 is 0 Å². The summed E-state index contributed by atoms with van der Waals surface area (Å²) in [7, 11) is 0. The SMILES string of the molecule is CC(C)(C)c1ncc(C=CC(=O)c2cnc[nH]2)s1. The van der Waals surface area contributed by atoms with Gasteiger partial charge in [0.15, 0.2) is 0 Å². The van der Waals surface area contributed by atoms with Crippen molar-refractivity contribution in [2.45, 2.75) is 26.2 Å². The second-order valence-electron chi connectivity index (χ2n) is 4.98. The van der Waals surface area contributed by atoms with Crippen molar-refractivity contribution in [3.63, 3.8) is 0 Å². The molecule has 2 aromatic heterocycles. The maximum Gasteiger partial charge on any atom is 0.203 e. The fourth-order valence-corrected chi connectivity index (χ4v) is 2.22. The smallest absolute Gasteiger partial charge is 0.203 e. The fraction of sp³-hybridized carbons (Fsp3) is 0.308. The highest BCUT2D eigenvalue weighted by Gasteiger charge is 2.17. The van der Waals surface area contributed by atoms with Gasteiger partial charge in [0, 0.05) is 16.5 Å². The highest BCUT2D eigenvalue weighted by Crippen LogP contribution is 2.27. The number of aromatic nitrogens is 3. The van der Waals surface area contributed by atoms with E-state index >= 15 is 0 Å². The Kier molecular flexibility index (Phi) is 3.43. The first kappa shape index (κ1) is 12.7. The molecule has 0 unspecified atom stereocenters. The van der Waals surface area contributed by atoms with Gasteiger partial charge in [0.05, 0.1) is 17.5 Å². The van der Waals surface area contributed by atoms with Crippen LogP contribution in [-0.2, 0) is 5.41 Å². The zero-order valence-electron chi connectivity index (χ0n) is 10.6. The monoisotopic (exact) mass is 261 g/mol. The summed E-state index contributed by atoms with van der Waals surface area (Å²) < 4.78 is 0. The molecule has 0 fully saturated rings. The molecule has 0 aliphatic rings. The van der Waals surface area contributed by atoms with Crippen molar-refractivity contribution in [2.24, 2.45) is 0 Å². The third-order valence-electron chi connectivity index (χ3n) is 2.33. The van der Waals surface area contributed by atoms with Gasteiger partial charge in [0.25, 0.3) is 0 Å². The summed E-state index contributed by atoms with van der Waals surface area (Å²) in [5.41, 5.74) is 0.538. The molecule has 0 aliphatic heterocycles. The Hall–Kier alpha value is -1.75. The molecule has 94 valence electrons. The van der Waals surface area contributed by atoms with Crippen molar-refractivity contribution in [2.75, 3.05) is 0 Å². The van der Waals surface area contributed by atoms with Crippen molar-refractivity contribution < 1.29 is 4.79 Å². The van der Waals surface area contributed by atoms with Crippen LogP contribution in [0.1, 0.15) is 41.1 Å². The number of rotatable bonds is 3. The topological polar surface area (TPSA) is 58.6 Å². The minimum Gasteiger partial charge on any atom is -0.342 e. The van der Waals surface area contributed by atoms with Crippen LogP contribution in [0.15, 0.2) is 24.8 Å². The maximum absolute atomic E-state index is 11.7. The molecule has 0 saturated carbocycles. The second-order valence-corrected chi connectivity index (χ2v) is 6.04. The normalized spacial score (nSPS) is 12.2. The Morgan fingerprint density at radius 2 is 2.17 bits per heavy atom. The van der Waals surface area contributed by atoms with Crippen LogP contribution in [0.25, 0.3) is 6.08 Å². The number of thiazole rings is 1. The van der Waals surface area contributed by atoms with Crippen molar-refractivity contribution in [1.29, 1.82) is 0 Å². The van der Waals surface area contributed by atoms with E-state index in [1.165, 1.54) is 18.6 Å². The summed E-state index contributed by atoms with van der Waals surface area (Å²) in [6.07, 6.45) is 8.12.